The summed E-state index contributed by atoms with van der Waals surface area (Å²) >= 11 is 0. The smallest absolute Gasteiger partial charge is 0.261 e. The van der Waals surface area contributed by atoms with E-state index >= 15 is 0 Å². The maximum Gasteiger partial charge on any atom is 0.261 e. The highest BCUT2D eigenvalue weighted by molar-refractivity contribution is 6.00. The van der Waals surface area contributed by atoms with Gasteiger partial charge in [0.1, 0.15) is 17.4 Å². The van der Waals surface area contributed by atoms with Crippen LogP contribution in [0.2, 0.25) is 0 Å². The number of aromatic nitrogens is 2. The van der Waals surface area contributed by atoms with Crippen molar-refractivity contribution in [2.45, 2.75) is 60.9 Å². The van der Waals surface area contributed by atoms with Gasteiger partial charge in [-0.25, -0.2) is 4.68 Å². The topological polar surface area (TPSA) is 80.4 Å². The number of benzene rings is 2. The summed E-state index contributed by atoms with van der Waals surface area (Å²) in [6.07, 6.45) is 3.58. The SMILES string of the molecule is CC.CCC(C)(C)COc1ccc(C#N)c(OC)c1C(=O)N1CCc2nn(-c3ccc(C)cc3)cc2C1. The van der Waals surface area contributed by atoms with Crippen molar-refractivity contribution in [3.8, 4) is 23.3 Å². The molecule has 7 heteroatoms. The average molecular weight is 503 g/mol. The van der Waals surface area contributed by atoms with Gasteiger partial charge in [0.05, 0.1) is 30.7 Å². The summed E-state index contributed by atoms with van der Waals surface area (Å²) in [5, 5.41) is 14.4. The number of ether oxygens (including phenoxy) is 2. The number of hydrogen-bond donors (Lipinski definition) is 0. The van der Waals surface area contributed by atoms with Gasteiger partial charge >= 0.3 is 0 Å². The second kappa shape index (κ2) is 12.0. The standard InChI is InChI=1S/C28H32N4O3.C2H6/c1-6-28(3,4)18-35-24-12-9-20(15-29)26(34-5)25(24)27(33)31-14-13-23-21(16-31)17-32(30-23)22-10-7-19(2)8-11-22;1-2/h7-12,17H,6,13-14,16,18H2,1-5H3;1-2H3. The minimum absolute atomic E-state index is 0.0496. The average Bonchev–Trinajstić information content (AvgIpc) is 3.36. The number of aryl methyl sites for hydroxylation is 1. The van der Waals surface area contributed by atoms with E-state index in [1.54, 1.807) is 17.0 Å². The first kappa shape index (κ1) is 27.8. The molecule has 2 aromatic carbocycles. The Morgan fingerprint density at radius 1 is 1.16 bits per heavy atom. The third kappa shape index (κ3) is 6.14. The molecular formula is C30H38N4O3. The van der Waals surface area contributed by atoms with Crippen LogP contribution in [-0.4, -0.2) is 40.8 Å². The maximum atomic E-state index is 13.8. The summed E-state index contributed by atoms with van der Waals surface area (Å²) < 4.78 is 13.6. The molecule has 1 aromatic heterocycles. The Balaban J connectivity index is 0.00000186. The summed E-state index contributed by atoms with van der Waals surface area (Å²) in [7, 11) is 1.48. The molecule has 0 saturated heterocycles. The van der Waals surface area contributed by atoms with Gasteiger partial charge in [-0.15, -0.1) is 0 Å². The normalized spacial score (nSPS) is 12.6. The Morgan fingerprint density at radius 3 is 2.49 bits per heavy atom. The van der Waals surface area contributed by atoms with Crippen LogP contribution in [0.4, 0.5) is 0 Å². The molecule has 0 saturated carbocycles. The number of hydrogen-bond acceptors (Lipinski definition) is 5. The van der Waals surface area contributed by atoms with Gasteiger partial charge in [0, 0.05) is 31.3 Å². The molecule has 0 bridgehead atoms. The van der Waals surface area contributed by atoms with Gasteiger partial charge in [-0.05, 0) is 43.0 Å². The van der Waals surface area contributed by atoms with Gasteiger partial charge in [-0.3, -0.25) is 4.79 Å². The van der Waals surface area contributed by atoms with E-state index in [0.29, 0.717) is 43.0 Å². The number of fused-ring (bicyclic) bond motifs is 1. The third-order valence-corrected chi connectivity index (χ3v) is 6.68. The Bertz CT molecular complexity index is 1270. The van der Waals surface area contributed by atoms with Crippen LogP contribution in [0.5, 0.6) is 11.5 Å². The van der Waals surface area contributed by atoms with Crippen molar-refractivity contribution in [2.75, 3.05) is 20.3 Å². The minimum atomic E-state index is -0.211. The molecule has 2 heterocycles. The molecule has 196 valence electrons. The summed E-state index contributed by atoms with van der Waals surface area (Å²) in [5.41, 5.74) is 4.74. The number of nitriles is 1. The first-order chi connectivity index (χ1) is 17.8. The molecule has 0 N–H and O–H groups in total. The first-order valence-electron chi connectivity index (χ1n) is 12.9. The van der Waals surface area contributed by atoms with Crippen molar-refractivity contribution in [1.29, 1.82) is 5.26 Å². The molecule has 0 fully saturated rings. The zero-order valence-electron chi connectivity index (χ0n) is 23.1. The molecule has 4 rings (SSSR count). The molecule has 0 radical (unpaired) electrons. The van der Waals surface area contributed by atoms with Crippen LogP contribution in [0.3, 0.4) is 0 Å². The number of methoxy groups -OCH3 is 1. The molecular weight excluding hydrogens is 464 g/mol. The van der Waals surface area contributed by atoms with Gasteiger partial charge in [0.15, 0.2) is 5.75 Å². The van der Waals surface area contributed by atoms with Crippen LogP contribution < -0.4 is 9.47 Å². The fourth-order valence-corrected chi connectivity index (χ4v) is 4.04. The van der Waals surface area contributed by atoms with Gasteiger partial charge in [-0.2, -0.15) is 10.4 Å². The van der Waals surface area contributed by atoms with Gasteiger partial charge < -0.3 is 14.4 Å². The predicted molar refractivity (Wildman–Crippen MR) is 145 cm³/mol. The summed E-state index contributed by atoms with van der Waals surface area (Å²) in [5.74, 6) is 0.482. The highest BCUT2D eigenvalue weighted by atomic mass is 16.5. The van der Waals surface area contributed by atoms with Crippen LogP contribution in [0.25, 0.3) is 5.69 Å². The summed E-state index contributed by atoms with van der Waals surface area (Å²) in [4.78, 5) is 15.6. The minimum Gasteiger partial charge on any atom is -0.494 e. The second-order valence-corrected chi connectivity index (χ2v) is 9.80. The van der Waals surface area contributed by atoms with Crippen LogP contribution in [0.15, 0.2) is 42.6 Å². The van der Waals surface area contributed by atoms with Gasteiger partial charge in [-0.1, -0.05) is 52.3 Å². The number of nitrogens with zero attached hydrogens (tertiary/aromatic N) is 4. The molecule has 0 atom stereocenters. The van der Waals surface area contributed by atoms with Crippen LogP contribution in [0, 0.1) is 23.7 Å². The Hall–Kier alpha value is -3.79. The van der Waals surface area contributed by atoms with E-state index in [4.69, 9.17) is 14.6 Å². The molecule has 0 spiro atoms. The molecule has 0 unspecified atom stereocenters. The molecule has 1 aliphatic rings. The lowest BCUT2D eigenvalue weighted by Gasteiger charge is -2.29. The zero-order chi connectivity index (χ0) is 27.2. The molecule has 3 aromatic rings. The van der Waals surface area contributed by atoms with E-state index in [-0.39, 0.29) is 17.1 Å². The quantitative estimate of drug-likeness (QED) is 0.390. The number of rotatable bonds is 7. The van der Waals surface area contributed by atoms with Crippen LogP contribution >= 0.6 is 0 Å². The highest BCUT2D eigenvalue weighted by Crippen LogP contribution is 2.35. The van der Waals surface area contributed by atoms with Crippen molar-refractivity contribution >= 4 is 5.91 Å². The van der Waals surface area contributed by atoms with Gasteiger partial charge in [0.25, 0.3) is 5.91 Å². The monoisotopic (exact) mass is 502 g/mol. The van der Waals surface area contributed by atoms with Crippen molar-refractivity contribution in [3.63, 3.8) is 0 Å². The van der Waals surface area contributed by atoms with E-state index in [2.05, 4.69) is 45.9 Å². The predicted octanol–water partition coefficient (Wildman–Crippen LogP) is 6.10. The molecule has 0 aliphatic carbocycles. The Labute approximate surface area is 220 Å². The van der Waals surface area contributed by atoms with Crippen LogP contribution in [0.1, 0.15) is 73.8 Å². The lowest BCUT2D eigenvalue weighted by atomic mass is 9.91. The van der Waals surface area contributed by atoms with Crippen LogP contribution in [-0.2, 0) is 13.0 Å². The highest BCUT2D eigenvalue weighted by Gasteiger charge is 2.30. The summed E-state index contributed by atoms with van der Waals surface area (Å²) in [6, 6.07) is 13.7. The fraction of sp³-hybridized carbons (Fsp3) is 0.433. The van der Waals surface area contributed by atoms with Gasteiger partial charge in [0.2, 0.25) is 0 Å². The molecule has 7 nitrogen and oxygen atoms in total. The number of carbonyl (C=O) groups excluding carboxylic acids is 1. The zero-order valence-corrected chi connectivity index (χ0v) is 23.1. The van der Waals surface area contributed by atoms with Crippen molar-refractivity contribution in [3.05, 3.63) is 70.5 Å². The Morgan fingerprint density at radius 2 is 1.86 bits per heavy atom. The first-order valence-corrected chi connectivity index (χ1v) is 12.9. The van der Waals surface area contributed by atoms with E-state index in [1.165, 1.54) is 12.7 Å². The van der Waals surface area contributed by atoms with E-state index < -0.39 is 0 Å². The number of carbonyl (C=O) groups is 1. The van der Waals surface area contributed by atoms with E-state index in [9.17, 15) is 10.1 Å². The Kier molecular flexibility index (Phi) is 8.99. The van der Waals surface area contributed by atoms with Crippen molar-refractivity contribution < 1.29 is 14.3 Å². The van der Waals surface area contributed by atoms with E-state index in [1.807, 2.05) is 36.9 Å². The molecule has 1 amide bonds. The third-order valence-electron chi connectivity index (χ3n) is 6.68. The lowest BCUT2D eigenvalue weighted by Crippen LogP contribution is -2.36. The summed E-state index contributed by atoms with van der Waals surface area (Å²) in [6.45, 7) is 13.8. The largest absolute Gasteiger partial charge is 0.494 e. The second-order valence-electron chi connectivity index (χ2n) is 9.80. The fourth-order valence-electron chi connectivity index (χ4n) is 4.04. The number of amides is 1. The molecule has 1 aliphatic heterocycles. The maximum absolute atomic E-state index is 13.8. The van der Waals surface area contributed by atoms with Crippen molar-refractivity contribution in [1.82, 2.24) is 14.7 Å². The van der Waals surface area contributed by atoms with E-state index in [0.717, 1.165) is 23.4 Å². The molecule has 37 heavy (non-hydrogen) atoms. The van der Waals surface area contributed by atoms with Crippen molar-refractivity contribution in [2.24, 2.45) is 5.41 Å². The lowest BCUT2D eigenvalue weighted by molar-refractivity contribution is 0.0722.